The van der Waals surface area contributed by atoms with Gasteiger partial charge in [-0.15, -0.1) is 0 Å². The molecule has 1 heterocycles. The minimum atomic E-state index is -1.11. The number of Topliss-reactive ketones (excluding diaryl/α,β-unsaturated/α-hetero) is 1. The summed E-state index contributed by atoms with van der Waals surface area (Å²) in [6.07, 6.45) is -3.99. The molecule has 204 valence electrons. The van der Waals surface area contributed by atoms with Crippen LogP contribution in [0.25, 0.3) is 0 Å². The highest BCUT2D eigenvalue weighted by molar-refractivity contribution is 5.98. The van der Waals surface area contributed by atoms with Gasteiger partial charge < -0.3 is 23.7 Å². The zero-order valence-corrected chi connectivity index (χ0v) is 21.8. The summed E-state index contributed by atoms with van der Waals surface area (Å²) in [6, 6.07) is 27.6. The van der Waals surface area contributed by atoms with Crippen LogP contribution >= 0.6 is 0 Å². The van der Waals surface area contributed by atoms with Crippen LogP contribution in [0.5, 0.6) is 0 Å². The quantitative estimate of drug-likeness (QED) is 0.237. The van der Waals surface area contributed by atoms with Crippen molar-refractivity contribution in [2.75, 3.05) is 13.2 Å². The van der Waals surface area contributed by atoms with Crippen LogP contribution in [-0.4, -0.2) is 55.4 Å². The predicted octanol–water partition coefficient (Wildman–Crippen LogP) is 4.30. The Balaban J connectivity index is 1.55. The molecular formula is C31H32O8. The molecule has 0 aliphatic carbocycles. The lowest BCUT2D eigenvalue weighted by atomic mass is 10.0. The lowest BCUT2D eigenvalue weighted by Crippen LogP contribution is -2.41. The minimum absolute atomic E-state index is 0.159. The van der Waals surface area contributed by atoms with Crippen LogP contribution in [0.3, 0.4) is 0 Å². The van der Waals surface area contributed by atoms with Crippen molar-refractivity contribution in [3.63, 3.8) is 0 Å². The van der Waals surface area contributed by atoms with Crippen LogP contribution in [-0.2, 0) is 46.5 Å². The smallest absolute Gasteiger partial charge is 0.338 e. The Labute approximate surface area is 227 Å². The van der Waals surface area contributed by atoms with Gasteiger partial charge in [-0.25, -0.2) is 4.79 Å². The maximum absolute atomic E-state index is 13.2. The number of rotatable bonds is 13. The fourth-order valence-electron chi connectivity index (χ4n) is 4.31. The molecule has 3 aromatic rings. The second-order valence-electron chi connectivity index (χ2n) is 9.03. The van der Waals surface area contributed by atoms with Crippen molar-refractivity contribution in [2.45, 2.75) is 51.0 Å². The van der Waals surface area contributed by atoms with Crippen LogP contribution in [0, 0.1) is 0 Å². The molecule has 1 saturated heterocycles. The second kappa shape index (κ2) is 14.3. The van der Waals surface area contributed by atoms with Crippen molar-refractivity contribution in [3.8, 4) is 0 Å². The number of ketones is 1. The lowest BCUT2D eigenvalue weighted by Gasteiger charge is -2.25. The van der Waals surface area contributed by atoms with Crippen LogP contribution in [0.4, 0.5) is 0 Å². The molecule has 1 aliphatic heterocycles. The van der Waals surface area contributed by atoms with Gasteiger partial charge in [0.25, 0.3) is 0 Å². The normalized spacial score (nSPS) is 20.3. The van der Waals surface area contributed by atoms with Gasteiger partial charge in [0.2, 0.25) is 0 Å². The Kier molecular flexibility index (Phi) is 10.4. The molecule has 0 aromatic heterocycles. The molecule has 0 radical (unpaired) electrons. The van der Waals surface area contributed by atoms with Gasteiger partial charge in [-0.2, -0.15) is 0 Å². The molecule has 3 aromatic carbocycles. The number of ether oxygens (including phenoxy) is 5. The molecule has 8 heteroatoms. The number of hydrogen-bond donors (Lipinski definition) is 0. The van der Waals surface area contributed by atoms with E-state index in [1.54, 1.807) is 37.3 Å². The van der Waals surface area contributed by atoms with Gasteiger partial charge in [0, 0.05) is 0 Å². The van der Waals surface area contributed by atoms with E-state index in [1.165, 1.54) is 0 Å². The van der Waals surface area contributed by atoms with Crippen molar-refractivity contribution in [1.82, 2.24) is 0 Å². The summed E-state index contributed by atoms with van der Waals surface area (Å²) >= 11 is 0. The first-order valence-electron chi connectivity index (χ1n) is 12.9. The molecule has 1 aliphatic rings. The third-order valence-corrected chi connectivity index (χ3v) is 6.21. The van der Waals surface area contributed by atoms with E-state index in [9.17, 15) is 14.4 Å². The van der Waals surface area contributed by atoms with Crippen LogP contribution < -0.4 is 0 Å². The van der Waals surface area contributed by atoms with Gasteiger partial charge in [-0.05, 0) is 30.2 Å². The highest BCUT2D eigenvalue weighted by Gasteiger charge is 2.50. The zero-order chi connectivity index (χ0) is 27.5. The molecule has 0 spiro atoms. The molecule has 4 rings (SSSR count). The van der Waals surface area contributed by atoms with Crippen molar-refractivity contribution < 1.29 is 38.1 Å². The summed E-state index contributed by atoms with van der Waals surface area (Å²) in [6.45, 7) is 2.08. The monoisotopic (exact) mass is 532 g/mol. The first kappa shape index (κ1) is 28.2. The highest BCUT2D eigenvalue weighted by Crippen LogP contribution is 2.30. The summed E-state index contributed by atoms with van der Waals surface area (Å²) in [5.74, 6) is -1.66. The average molecular weight is 533 g/mol. The summed E-state index contributed by atoms with van der Waals surface area (Å²) in [5.41, 5.74) is 2.21. The van der Waals surface area contributed by atoms with Gasteiger partial charge in [0.15, 0.2) is 5.78 Å². The minimum Gasteiger partial charge on any atom is -0.466 e. The SMILES string of the molecule is CCOC(=O)CC(=O)[C@@H]1O[C@H](COC(=O)c2ccccc2)[C@@H](OCc2ccccc2)[C@H]1OCc1ccccc1. The number of carbonyl (C=O) groups excluding carboxylic acids is 3. The Bertz CT molecular complexity index is 1200. The Hall–Kier alpha value is -3.85. The Morgan fingerprint density at radius 3 is 1.82 bits per heavy atom. The standard InChI is InChI=1S/C31H32O8/c1-2-35-27(33)18-25(32)28-30(37-20-23-14-8-4-9-15-23)29(36-19-22-12-6-3-7-13-22)26(39-28)21-38-31(34)24-16-10-5-11-17-24/h3-17,26,28-30H,2,18-21H2,1H3/t26-,28+,29-,30+/m1/s1. The third kappa shape index (κ3) is 8.07. The van der Waals surface area contributed by atoms with E-state index in [4.69, 9.17) is 23.7 Å². The van der Waals surface area contributed by atoms with Gasteiger partial charge in [-0.1, -0.05) is 78.9 Å². The molecule has 1 fully saturated rings. The molecule has 8 nitrogen and oxygen atoms in total. The maximum atomic E-state index is 13.2. The van der Waals surface area contributed by atoms with Crippen LogP contribution in [0.2, 0.25) is 0 Å². The summed E-state index contributed by atoms with van der Waals surface area (Å²) in [4.78, 5) is 37.9. The fraction of sp³-hybridized carbons (Fsp3) is 0.323. The molecule has 39 heavy (non-hydrogen) atoms. The number of benzene rings is 3. The van der Waals surface area contributed by atoms with Crippen molar-refractivity contribution in [3.05, 3.63) is 108 Å². The van der Waals surface area contributed by atoms with E-state index >= 15 is 0 Å². The van der Waals surface area contributed by atoms with Crippen molar-refractivity contribution in [2.24, 2.45) is 0 Å². The fourth-order valence-corrected chi connectivity index (χ4v) is 4.31. The van der Waals surface area contributed by atoms with Crippen LogP contribution in [0.1, 0.15) is 34.8 Å². The first-order valence-corrected chi connectivity index (χ1v) is 12.9. The Morgan fingerprint density at radius 2 is 1.26 bits per heavy atom. The topological polar surface area (TPSA) is 97.4 Å². The summed E-state index contributed by atoms with van der Waals surface area (Å²) < 4.78 is 29.1. The number of esters is 2. The van der Waals surface area contributed by atoms with E-state index in [-0.39, 0.29) is 26.4 Å². The molecule has 4 atom stereocenters. The number of carbonyl (C=O) groups is 3. The molecule has 0 bridgehead atoms. The molecule has 0 unspecified atom stereocenters. The summed E-state index contributed by atoms with van der Waals surface area (Å²) in [5, 5.41) is 0. The van der Waals surface area contributed by atoms with Crippen molar-refractivity contribution in [1.29, 1.82) is 0 Å². The van der Waals surface area contributed by atoms with Crippen molar-refractivity contribution >= 4 is 17.7 Å². The highest BCUT2D eigenvalue weighted by atomic mass is 16.6. The molecule has 0 saturated carbocycles. The Morgan fingerprint density at radius 1 is 0.718 bits per heavy atom. The maximum Gasteiger partial charge on any atom is 0.338 e. The third-order valence-electron chi connectivity index (χ3n) is 6.21. The number of hydrogen-bond acceptors (Lipinski definition) is 8. The van der Waals surface area contributed by atoms with E-state index in [1.807, 2.05) is 60.7 Å². The van der Waals surface area contributed by atoms with E-state index in [2.05, 4.69) is 0 Å². The van der Waals surface area contributed by atoms with Gasteiger partial charge in [0.1, 0.15) is 37.4 Å². The molecular weight excluding hydrogens is 500 g/mol. The van der Waals surface area contributed by atoms with Gasteiger partial charge in [-0.3, -0.25) is 9.59 Å². The largest absolute Gasteiger partial charge is 0.466 e. The van der Waals surface area contributed by atoms with Crippen LogP contribution in [0.15, 0.2) is 91.0 Å². The average Bonchev–Trinajstić information content (AvgIpc) is 3.32. The lowest BCUT2D eigenvalue weighted by molar-refractivity contribution is -0.150. The van der Waals surface area contributed by atoms with E-state index in [0.717, 1.165) is 11.1 Å². The van der Waals surface area contributed by atoms with E-state index < -0.39 is 48.6 Å². The zero-order valence-electron chi connectivity index (χ0n) is 21.8. The second-order valence-corrected chi connectivity index (χ2v) is 9.03. The molecule has 0 amide bonds. The predicted molar refractivity (Wildman–Crippen MR) is 142 cm³/mol. The van der Waals surface area contributed by atoms with Gasteiger partial charge in [0.05, 0.1) is 25.4 Å². The van der Waals surface area contributed by atoms with E-state index in [0.29, 0.717) is 5.56 Å². The summed E-state index contributed by atoms with van der Waals surface area (Å²) in [7, 11) is 0. The van der Waals surface area contributed by atoms with Gasteiger partial charge >= 0.3 is 11.9 Å². The first-order chi connectivity index (χ1) is 19.0. The molecule has 0 N–H and O–H groups in total.